The van der Waals surface area contributed by atoms with E-state index in [1.54, 1.807) is 0 Å². The Morgan fingerprint density at radius 2 is 1.58 bits per heavy atom. The molecule has 2 aromatic carbocycles. The first-order valence-corrected chi connectivity index (χ1v) is 12.1. The van der Waals surface area contributed by atoms with Crippen LogP contribution in [-0.4, -0.2) is 53.6 Å². The smallest absolute Gasteiger partial charge is 0.241 e. The van der Waals surface area contributed by atoms with Gasteiger partial charge in [-0.1, -0.05) is 73.5 Å². The van der Waals surface area contributed by atoms with Gasteiger partial charge in [0.05, 0.1) is 6.67 Å². The van der Waals surface area contributed by atoms with Crippen LogP contribution >= 0.6 is 0 Å². The molecule has 0 radical (unpaired) electrons. The molecule has 31 heavy (non-hydrogen) atoms. The van der Waals surface area contributed by atoms with Gasteiger partial charge in [-0.3, -0.25) is 14.6 Å². The fourth-order valence-corrected chi connectivity index (χ4v) is 6.23. The summed E-state index contributed by atoms with van der Waals surface area (Å²) in [7, 11) is 0. The van der Waals surface area contributed by atoms with Gasteiger partial charge in [-0.15, -0.1) is 0 Å². The highest BCUT2D eigenvalue weighted by molar-refractivity contribution is 5.88. The summed E-state index contributed by atoms with van der Waals surface area (Å²) in [6.07, 6.45) is 8.15. The third-order valence-corrected chi connectivity index (χ3v) is 8.02. The van der Waals surface area contributed by atoms with Gasteiger partial charge in [0.25, 0.3) is 0 Å². The SMILES string of the molecule is O=C1NCN(CCc2ccccc2)C12CCN([C@@H]1CCCC[C@@H]1c1ccccc1)CC2. The van der Waals surface area contributed by atoms with Crippen LogP contribution < -0.4 is 5.32 Å². The summed E-state index contributed by atoms with van der Waals surface area (Å²) in [6, 6.07) is 22.4. The summed E-state index contributed by atoms with van der Waals surface area (Å²) in [4.78, 5) is 18.1. The van der Waals surface area contributed by atoms with Crippen molar-refractivity contribution >= 4 is 5.91 Å². The van der Waals surface area contributed by atoms with Crippen LogP contribution in [0.5, 0.6) is 0 Å². The Morgan fingerprint density at radius 3 is 2.32 bits per heavy atom. The third-order valence-electron chi connectivity index (χ3n) is 8.02. The number of nitrogens with zero attached hydrogens (tertiary/aromatic N) is 2. The quantitative estimate of drug-likeness (QED) is 0.793. The lowest BCUT2D eigenvalue weighted by atomic mass is 9.77. The predicted molar refractivity (Wildman–Crippen MR) is 125 cm³/mol. The van der Waals surface area contributed by atoms with Gasteiger partial charge in [0.1, 0.15) is 5.54 Å². The van der Waals surface area contributed by atoms with Crippen LogP contribution in [0.25, 0.3) is 0 Å². The Bertz CT molecular complexity index is 861. The summed E-state index contributed by atoms with van der Waals surface area (Å²) in [5.74, 6) is 0.888. The molecule has 1 saturated carbocycles. The molecule has 2 aromatic rings. The molecule has 0 aromatic heterocycles. The summed E-state index contributed by atoms with van der Waals surface area (Å²) in [5, 5.41) is 3.16. The monoisotopic (exact) mass is 417 g/mol. The first-order chi connectivity index (χ1) is 15.3. The van der Waals surface area contributed by atoms with Crippen molar-refractivity contribution in [3.63, 3.8) is 0 Å². The molecule has 0 unspecified atom stereocenters. The van der Waals surface area contributed by atoms with E-state index in [2.05, 4.69) is 75.8 Å². The number of rotatable bonds is 5. The topological polar surface area (TPSA) is 35.6 Å². The van der Waals surface area contributed by atoms with Crippen molar-refractivity contribution in [2.45, 2.75) is 62.4 Å². The Labute approximate surface area is 186 Å². The molecule has 5 rings (SSSR count). The molecule has 2 saturated heterocycles. The Morgan fingerprint density at radius 1 is 0.903 bits per heavy atom. The largest absolute Gasteiger partial charge is 0.342 e. The highest BCUT2D eigenvalue weighted by Gasteiger charge is 2.50. The average Bonchev–Trinajstić information content (AvgIpc) is 3.14. The van der Waals surface area contributed by atoms with Gasteiger partial charge in [0.15, 0.2) is 0 Å². The molecule has 4 heteroatoms. The molecule has 1 amide bonds. The fourth-order valence-electron chi connectivity index (χ4n) is 6.23. The highest BCUT2D eigenvalue weighted by atomic mass is 16.2. The van der Waals surface area contributed by atoms with E-state index in [4.69, 9.17) is 0 Å². The van der Waals surface area contributed by atoms with Crippen LogP contribution in [0.4, 0.5) is 0 Å². The van der Waals surface area contributed by atoms with Gasteiger partial charge in [-0.25, -0.2) is 0 Å². The molecule has 3 fully saturated rings. The molecule has 2 atom stereocenters. The lowest BCUT2D eigenvalue weighted by Gasteiger charge is -2.47. The van der Waals surface area contributed by atoms with Crippen molar-refractivity contribution in [2.24, 2.45) is 0 Å². The van der Waals surface area contributed by atoms with Gasteiger partial charge in [-0.05, 0) is 49.1 Å². The first kappa shape index (κ1) is 20.7. The number of likely N-dealkylation sites (tertiary alicyclic amines) is 1. The van der Waals surface area contributed by atoms with Gasteiger partial charge >= 0.3 is 0 Å². The minimum absolute atomic E-state index is 0.253. The van der Waals surface area contributed by atoms with E-state index in [9.17, 15) is 4.79 Å². The molecular formula is C27H35N3O. The van der Waals surface area contributed by atoms with E-state index in [-0.39, 0.29) is 11.4 Å². The lowest BCUT2D eigenvalue weighted by molar-refractivity contribution is -0.129. The van der Waals surface area contributed by atoms with Gasteiger partial charge in [-0.2, -0.15) is 0 Å². The van der Waals surface area contributed by atoms with Crippen LogP contribution in [0.1, 0.15) is 55.6 Å². The number of piperidine rings is 1. The number of nitrogens with one attached hydrogen (secondary N) is 1. The summed E-state index contributed by atoms with van der Waals surface area (Å²) < 4.78 is 0. The van der Waals surface area contributed by atoms with Crippen LogP contribution in [0.3, 0.4) is 0 Å². The van der Waals surface area contributed by atoms with Crippen LogP contribution in [-0.2, 0) is 11.2 Å². The minimum atomic E-state index is -0.303. The molecule has 2 heterocycles. The van der Waals surface area contributed by atoms with Crippen molar-refractivity contribution in [3.05, 3.63) is 71.8 Å². The number of hydrogen-bond acceptors (Lipinski definition) is 3. The number of carbonyl (C=O) groups excluding carboxylic acids is 1. The molecular weight excluding hydrogens is 382 g/mol. The van der Waals surface area contributed by atoms with Crippen molar-refractivity contribution in [1.82, 2.24) is 15.1 Å². The van der Waals surface area contributed by atoms with E-state index in [0.29, 0.717) is 18.6 Å². The summed E-state index contributed by atoms with van der Waals surface area (Å²) in [5.41, 5.74) is 2.54. The minimum Gasteiger partial charge on any atom is -0.342 e. The first-order valence-electron chi connectivity index (χ1n) is 12.1. The van der Waals surface area contributed by atoms with Gasteiger partial charge in [0, 0.05) is 25.7 Å². The number of amides is 1. The number of hydrogen-bond donors (Lipinski definition) is 1. The molecule has 2 aliphatic heterocycles. The Kier molecular flexibility index (Phi) is 6.10. The standard InChI is InChI=1S/C27H35N3O/c31-26-27(30(21-28-26)18-15-22-9-3-1-4-10-22)16-19-29(20-17-27)25-14-8-7-13-24(25)23-11-5-2-6-12-23/h1-6,9-12,24-25H,7-8,13-21H2,(H,28,31)/t24-,25-/m1/s1. The second-order valence-electron chi connectivity index (χ2n) is 9.60. The van der Waals surface area contributed by atoms with E-state index in [1.165, 1.54) is 36.8 Å². The lowest BCUT2D eigenvalue weighted by Crippen LogP contribution is -2.58. The maximum atomic E-state index is 13.0. The molecule has 3 aliphatic rings. The zero-order valence-electron chi connectivity index (χ0n) is 18.5. The molecule has 1 N–H and O–H groups in total. The average molecular weight is 418 g/mol. The van der Waals surface area contributed by atoms with E-state index >= 15 is 0 Å². The van der Waals surface area contributed by atoms with Gasteiger partial charge in [0.2, 0.25) is 5.91 Å². The Balaban J connectivity index is 1.26. The zero-order valence-corrected chi connectivity index (χ0v) is 18.5. The van der Waals surface area contributed by atoms with Crippen molar-refractivity contribution < 1.29 is 4.79 Å². The molecule has 164 valence electrons. The second-order valence-corrected chi connectivity index (χ2v) is 9.60. The Hall–Kier alpha value is -2.17. The zero-order chi connectivity index (χ0) is 21.1. The van der Waals surface area contributed by atoms with E-state index < -0.39 is 0 Å². The number of benzene rings is 2. The highest BCUT2D eigenvalue weighted by Crippen LogP contribution is 2.40. The van der Waals surface area contributed by atoms with Crippen LogP contribution in [0.2, 0.25) is 0 Å². The van der Waals surface area contributed by atoms with E-state index in [0.717, 1.165) is 38.9 Å². The predicted octanol–water partition coefficient (Wildman–Crippen LogP) is 4.18. The fraction of sp³-hybridized carbons (Fsp3) is 0.519. The molecule has 0 bridgehead atoms. The number of carbonyl (C=O) groups is 1. The van der Waals surface area contributed by atoms with Crippen molar-refractivity contribution in [2.75, 3.05) is 26.3 Å². The maximum absolute atomic E-state index is 13.0. The third kappa shape index (κ3) is 4.16. The van der Waals surface area contributed by atoms with Crippen LogP contribution in [0.15, 0.2) is 60.7 Å². The van der Waals surface area contributed by atoms with Crippen LogP contribution in [0, 0.1) is 0 Å². The molecule has 1 aliphatic carbocycles. The molecule has 4 nitrogen and oxygen atoms in total. The van der Waals surface area contributed by atoms with Crippen molar-refractivity contribution in [3.8, 4) is 0 Å². The summed E-state index contributed by atoms with van der Waals surface area (Å²) in [6.45, 7) is 3.70. The summed E-state index contributed by atoms with van der Waals surface area (Å²) >= 11 is 0. The maximum Gasteiger partial charge on any atom is 0.241 e. The molecule has 1 spiro atoms. The second kappa shape index (κ2) is 9.13. The normalized spacial score (nSPS) is 26.8. The van der Waals surface area contributed by atoms with E-state index in [1.807, 2.05) is 0 Å². The van der Waals surface area contributed by atoms with Gasteiger partial charge < -0.3 is 5.32 Å². The van der Waals surface area contributed by atoms with Crippen molar-refractivity contribution in [1.29, 1.82) is 0 Å².